The SMILES string of the molecule is N#C/C(=C\c1nccs1)C(=O)N1CCCC1c1cccc(OCCCCCN)c1. The van der Waals surface area contributed by atoms with Crippen molar-refractivity contribution in [1.29, 1.82) is 5.26 Å². The minimum atomic E-state index is -0.238. The number of benzene rings is 1. The molecule has 0 saturated carbocycles. The van der Waals surface area contributed by atoms with Crippen LogP contribution in [-0.2, 0) is 4.79 Å². The first-order valence-corrected chi connectivity index (χ1v) is 10.9. The van der Waals surface area contributed by atoms with Crippen molar-refractivity contribution in [3.05, 3.63) is 52.0 Å². The fourth-order valence-electron chi connectivity index (χ4n) is 3.51. The molecule has 152 valence electrons. The molecule has 29 heavy (non-hydrogen) atoms. The summed E-state index contributed by atoms with van der Waals surface area (Å²) in [4.78, 5) is 19.0. The number of hydrogen-bond donors (Lipinski definition) is 1. The number of nitriles is 1. The maximum absolute atomic E-state index is 13.0. The third-order valence-electron chi connectivity index (χ3n) is 4.94. The van der Waals surface area contributed by atoms with Crippen LogP contribution in [0.2, 0.25) is 0 Å². The van der Waals surface area contributed by atoms with Crippen LogP contribution in [0.3, 0.4) is 0 Å². The van der Waals surface area contributed by atoms with Crippen LogP contribution in [0.1, 0.15) is 48.7 Å². The number of thiazole rings is 1. The fraction of sp³-hybridized carbons (Fsp3) is 0.409. The molecular weight excluding hydrogens is 384 g/mol. The Labute approximate surface area is 175 Å². The zero-order valence-electron chi connectivity index (χ0n) is 16.4. The number of nitrogens with two attached hydrogens (primary N) is 1. The predicted octanol–water partition coefficient (Wildman–Crippen LogP) is 3.92. The smallest absolute Gasteiger partial charge is 0.265 e. The van der Waals surface area contributed by atoms with Crippen LogP contribution in [-0.4, -0.2) is 35.5 Å². The summed E-state index contributed by atoms with van der Waals surface area (Å²) in [6.07, 6.45) is 8.07. The van der Waals surface area contributed by atoms with Crippen molar-refractivity contribution in [3.8, 4) is 11.8 Å². The topological polar surface area (TPSA) is 92.2 Å². The number of hydrogen-bond acceptors (Lipinski definition) is 6. The summed E-state index contributed by atoms with van der Waals surface area (Å²) in [5.74, 6) is 0.576. The van der Waals surface area contributed by atoms with Crippen LogP contribution in [0, 0.1) is 11.3 Å². The van der Waals surface area contributed by atoms with E-state index in [9.17, 15) is 10.1 Å². The first-order chi connectivity index (χ1) is 14.2. The van der Waals surface area contributed by atoms with E-state index in [1.54, 1.807) is 17.2 Å². The van der Waals surface area contributed by atoms with Gasteiger partial charge in [-0.2, -0.15) is 5.26 Å². The lowest BCUT2D eigenvalue weighted by Crippen LogP contribution is -2.31. The van der Waals surface area contributed by atoms with Crippen molar-refractivity contribution in [2.75, 3.05) is 19.7 Å². The summed E-state index contributed by atoms with van der Waals surface area (Å²) in [7, 11) is 0. The van der Waals surface area contributed by atoms with Gasteiger partial charge in [-0.3, -0.25) is 4.79 Å². The molecule has 1 aromatic carbocycles. The minimum Gasteiger partial charge on any atom is -0.494 e. The second kappa shape index (κ2) is 10.7. The van der Waals surface area contributed by atoms with Crippen LogP contribution in [0.4, 0.5) is 0 Å². The molecule has 0 aliphatic carbocycles. The van der Waals surface area contributed by atoms with Gasteiger partial charge in [0.2, 0.25) is 0 Å². The molecule has 1 fully saturated rings. The minimum absolute atomic E-state index is 0.0451. The monoisotopic (exact) mass is 410 g/mol. The average molecular weight is 411 g/mol. The van der Waals surface area contributed by atoms with Crippen molar-refractivity contribution in [2.24, 2.45) is 5.73 Å². The van der Waals surface area contributed by atoms with Gasteiger partial charge >= 0.3 is 0 Å². The van der Waals surface area contributed by atoms with Gasteiger partial charge in [-0.05, 0) is 62.4 Å². The van der Waals surface area contributed by atoms with Crippen molar-refractivity contribution in [1.82, 2.24) is 9.88 Å². The van der Waals surface area contributed by atoms with Gasteiger partial charge in [0, 0.05) is 18.1 Å². The van der Waals surface area contributed by atoms with E-state index in [2.05, 4.69) is 4.98 Å². The Morgan fingerprint density at radius 2 is 2.31 bits per heavy atom. The van der Waals surface area contributed by atoms with E-state index in [1.807, 2.05) is 35.7 Å². The molecule has 0 radical (unpaired) electrons. The first kappa shape index (κ1) is 21.0. The summed E-state index contributed by atoms with van der Waals surface area (Å²) in [6.45, 7) is 2.01. The predicted molar refractivity (Wildman–Crippen MR) is 114 cm³/mol. The lowest BCUT2D eigenvalue weighted by Gasteiger charge is -2.25. The molecule has 2 aromatic rings. The number of nitrogens with zero attached hydrogens (tertiary/aromatic N) is 3. The van der Waals surface area contributed by atoms with E-state index < -0.39 is 0 Å². The van der Waals surface area contributed by atoms with E-state index in [0.29, 0.717) is 24.7 Å². The molecule has 1 aromatic heterocycles. The summed E-state index contributed by atoms with van der Waals surface area (Å²) in [5, 5.41) is 12.0. The molecule has 0 bridgehead atoms. The van der Waals surface area contributed by atoms with Crippen LogP contribution in [0.15, 0.2) is 41.4 Å². The highest BCUT2D eigenvalue weighted by atomic mass is 32.1. The van der Waals surface area contributed by atoms with Crippen molar-refractivity contribution >= 4 is 23.3 Å². The number of aromatic nitrogens is 1. The van der Waals surface area contributed by atoms with Crippen LogP contribution in [0.25, 0.3) is 6.08 Å². The van der Waals surface area contributed by atoms with E-state index in [-0.39, 0.29) is 17.5 Å². The second-order valence-corrected chi connectivity index (χ2v) is 7.89. The standard InChI is InChI=1S/C22H26N4O2S/c23-9-2-1-3-12-28-19-7-4-6-17(14-19)20-8-5-11-26(20)22(27)18(16-24)15-21-25-10-13-29-21/h4,6-7,10,13-15,20H,1-3,5,8-9,11-12,23H2/b18-15+. The van der Waals surface area contributed by atoms with Gasteiger partial charge in [-0.25, -0.2) is 4.98 Å². The normalized spacial score (nSPS) is 16.6. The maximum Gasteiger partial charge on any atom is 0.265 e. The lowest BCUT2D eigenvalue weighted by atomic mass is 10.0. The Morgan fingerprint density at radius 1 is 1.41 bits per heavy atom. The zero-order valence-corrected chi connectivity index (χ0v) is 17.2. The Hall–Kier alpha value is -2.69. The fourth-order valence-corrected chi connectivity index (χ4v) is 4.08. The van der Waals surface area contributed by atoms with Crippen LogP contribution < -0.4 is 10.5 Å². The summed E-state index contributed by atoms with van der Waals surface area (Å²) in [5.41, 5.74) is 6.69. The van der Waals surface area contributed by atoms with Crippen LogP contribution in [0.5, 0.6) is 5.75 Å². The number of carbonyl (C=O) groups excluding carboxylic acids is 1. The molecule has 2 heterocycles. The van der Waals surface area contributed by atoms with Gasteiger partial charge in [0.05, 0.1) is 12.6 Å². The average Bonchev–Trinajstić information content (AvgIpc) is 3.43. The molecule has 1 aliphatic heterocycles. The van der Waals surface area contributed by atoms with E-state index in [4.69, 9.17) is 10.5 Å². The molecule has 2 N–H and O–H groups in total. The molecule has 6 nitrogen and oxygen atoms in total. The number of carbonyl (C=O) groups is 1. The quantitative estimate of drug-likeness (QED) is 0.384. The lowest BCUT2D eigenvalue weighted by molar-refractivity contribution is -0.127. The summed E-state index contributed by atoms with van der Waals surface area (Å²) < 4.78 is 5.87. The highest BCUT2D eigenvalue weighted by molar-refractivity contribution is 7.10. The maximum atomic E-state index is 13.0. The third-order valence-corrected chi connectivity index (χ3v) is 5.67. The van der Waals surface area contributed by atoms with Gasteiger partial charge in [-0.1, -0.05) is 12.1 Å². The highest BCUT2D eigenvalue weighted by Gasteiger charge is 2.32. The zero-order chi connectivity index (χ0) is 20.5. The number of likely N-dealkylation sites (tertiary alicyclic amines) is 1. The van der Waals surface area contributed by atoms with E-state index in [1.165, 1.54) is 11.3 Å². The summed E-state index contributed by atoms with van der Waals surface area (Å²) >= 11 is 1.41. The largest absolute Gasteiger partial charge is 0.494 e. The molecule has 1 atom stereocenters. The number of ether oxygens (including phenoxy) is 1. The Kier molecular flexibility index (Phi) is 7.79. The van der Waals surface area contributed by atoms with E-state index >= 15 is 0 Å². The van der Waals surface area contributed by atoms with Crippen molar-refractivity contribution in [2.45, 2.75) is 38.1 Å². The molecule has 1 saturated heterocycles. The van der Waals surface area contributed by atoms with Gasteiger partial charge in [0.1, 0.15) is 22.4 Å². The summed E-state index contributed by atoms with van der Waals surface area (Å²) in [6, 6.07) is 9.94. The number of unbranched alkanes of at least 4 members (excludes halogenated alkanes) is 2. The van der Waals surface area contributed by atoms with Gasteiger partial charge in [0.25, 0.3) is 5.91 Å². The molecular formula is C22H26N4O2S. The molecule has 1 unspecified atom stereocenters. The highest BCUT2D eigenvalue weighted by Crippen LogP contribution is 2.34. The molecule has 3 rings (SSSR count). The van der Waals surface area contributed by atoms with Crippen LogP contribution >= 0.6 is 11.3 Å². The van der Waals surface area contributed by atoms with Gasteiger partial charge in [0.15, 0.2) is 0 Å². The Balaban J connectivity index is 1.69. The van der Waals surface area contributed by atoms with Gasteiger partial charge in [-0.15, -0.1) is 11.3 Å². The second-order valence-electron chi connectivity index (χ2n) is 6.97. The Morgan fingerprint density at radius 3 is 3.07 bits per heavy atom. The first-order valence-electron chi connectivity index (χ1n) is 9.98. The third kappa shape index (κ3) is 5.66. The Bertz CT molecular complexity index is 873. The van der Waals surface area contributed by atoms with Gasteiger partial charge < -0.3 is 15.4 Å². The van der Waals surface area contributed by atoms with E-state index in [0.717, 1.165) is 43.4 Å². The molecule has 0 spiro atoms. The van der Waals surface area contributed by atoms with Crippen molar-refractivity contribution in [3.63, 3.8) is 0 Å². The van der Waals surface area contributed by atoms with Crippen molar-refractivity contribution < 1.29 is 9.53 Å². The molecule has 7 heteroatoms. The molecule has 1 amide bonds. The molecule has 1 aliphatic rings. The number of amides is 1. The number of rotatable bonds is 9.